The standard InChI is InChI=1S/C32H47N5O5S2/c1-5-8-29(38)34-26(18-30-35-25-12-11-24(21(2)3)17-28(25)43-30)32(40)36-27(23-9-6-7-10-23)19-33-31(39)22(4)20-37-13-15-44(41,42)16-14-37/h11-12,17,21,23,26-27H,4-10,13-16,18-20H2,1-3H3,(H,33,39)(H,34,38)(H,36,40)/t26-,27+/m0/s1. The number of nitrogens with zero attached hydrogens (tertiary/aromatic N) is 2. The van der Waals surface area contributed by atoms with Crippen LogP contribution in [0.1, 0.15) is 75.8 Å². The van der Waals surface area contributed by atoms with Gasteiger partial charge in [0.1, 0.15) is 6.04 Å². The van der Waals surface area contributed by atoms with E-state index in [9.17, 15) is 22.8 Å². The van der Waals surface area contributed by atoms with Crippen molar-refractivity contribution in [3.63, 3.8) is 0 Å². The Labute approximate surface area is 265 Å². The molecule has 2 atom stereocenters. The summed E-state index contributed by atoms with van der Waals surface area (Å²) in [6, 6.07) is 5.15. The minimum Gasteiger partial charge on any atom is -0.350 e. The highest BCUT2D eigenvalue weighted by Crippen LogP contribution is 2.29. The Balaban J connectivity index is 1.42. The maximum atomic E-state index is 13.8. The number of rotatable bonds is 14. The Kier molecular flexibility index (Phi) is 12.0. The molecule has 0 unspecified atom stereocenters. The SMILES string of the molecule is C=C(CN1CCS(=O)(=O)CC1)C(=O)NC[C@@H](NC(=O)[C@H](Cc1nc2ccc(C(C)C)cc2s1)NC(=O)CCC)C1CCCC1. The van der Waals surface area contributed by atoms with Gasteiger partial charge in [-0.05, 0) is 48.8 Å². The third-order valence-corrected chi connectivity index (χ3v) is 11.2. The van der Waals surface area contributed by atoms with Crippen molar-refractivity contribution in [2.45, 2.75) is 83.7 Å². The zero-order valence-electron chi connectivity index (χ0n) is 26.2. The van der Waals surface area contributed by atoms with Crippen molar-refractivity contribution >= 4 is 49.1 Å². The number of thiazole rings is 1. The van der Waals surface area contributed by atoms with Gasteiger partial charge in [-0.3, -0.25) is 19.3 Å². The fourth-order valence-corrected chi connectivity index (χ4v) is 8.21. The molecule has 1 aromatic carbocycles. The summed E-state index contributed by atoms with van der Waals surface area (Å²) in [6.45, 7) is 11.5. The van der Waals surface area contributed by atoms with Gasteiger partial charge in [0.05, 0.1) is 26.7 Å². The Morgan fingerprint density at radius 3 is 2.48 bits per heavy atom. The first-order chi connectivity index (χ1) is 20.9. The van der Waals surface area contributed by atoms with Crippen molar-refractivity contribution in [3.8, 4) is 0 Å². The number of amides is 3. The van der Waals surface area contributed by atoms with Gasteiger partial charge in [0, 0.05) is 50.6 Å². The quantitative estimate of drug-likeness (QED) is 0.268. The van der Waals surface area contributed by atoms with Crippen molar-refractivity contribution in [1.29, 1.82) is 0 Å². The van der Waals surface area contributed by atoms with Crippen LogP contribution in [0, 0.1) is 5.92 Å². The van der Waals surface area contributed by atoms with Gasteiger partial charge < -0.3 is 16.0 Å². The molecule has 4 rings (SSSR count). The molecular weight excluding hydrogens is 599 g/mol. The second kappa shape index (κ2) is 15.4. The summed E-state index contributed by atoms with van der Waals surface area (Å²) >= 11 is 1.54. The zero-order chi connectivity index (χ0) is 31.9. The number of fused-ring (bicyclic) bond motifs is 1. The van der Waals surface area contributed by atoms with Gasteiger partial charge in [0.15, 0.2) is 9.84 Å². The number of sulfone groups is 1. The van der Waals surface area contributed by atoms with Gasteiger partial charge in [-0.2, -0.15) is 0 Å². The Morgan fingerprint density at radius 2 is 1.82 bits per heavy atom. The monoisotopic (exact) mass is 645 g/mol. The molecular formula is C32H47N5O5S2. The number of carbonyl (C=O) groups excluding carboxylic acids is 3. The fourth-order valence-electron chi connectivity index (χ4n) is 5.87. The van der Waals surface area contributed by atoms with Crippen LogP contribution in [0.2, 0.25) is 0 Å². The van der Waals surface area contributed by atoms with E-state index in [1.165, 1.54) is 5.56 Å². The number of hydrogen-bond donors (Lipinski definition) is 3. The first-order valence-corrected chi connectivity index (χ1v) is 18.5. The van der Waals surface area contributed by atoms with E-state index in [1.54, 1.807) is 11.3 Å². The fraction of sp³-hybridized carbons (Fsp3) is 0.625. The van der Waals surface area contributed by atoms with Crippen molar-refractivity contribution in [2.24, 2.45) is 5.92 Å². The van der Waals surface area contributed by atoms with Crippen LogP contribution in [-0.4, -0.2) is 85.8 Å². The highest BCUT2D eigenvalue weighted by atomic mass is 32.2. The largest absolute Gasteiger partial charge is 0.350 e. The van der Waals surface area contributed by atoms with E-state index in [4.69, 9.17) is 4.98 Å². The van der Waals surface area contributed by atoms with E-state index in [0.29, 0.717) is 44.0 Å². The van der Waals surface area contributed by atoms with Gasteiger partial charge in [-0.15, -0.1) is 11.3 Å². The minimum absolute atomic E-state index is 0.0870. The first-order valence-electron chi connectivity index (χ1n) is 15.8. The molecule has 1 aliphatic carbocycles. The average molecular weight is 646 g/mol. The number of benzene rings is 1. The lowest BCUT2D eigenvalue weighted by atomic mass is 9.97. The van der Waals surface area contributed by atoms with Crippen LogP contribution < -0.4 is 16.0 Å². The van der Waals surface area contributed by atoms with Crippen LogP contribution in [0.25, 0.3) is 10.2 Å². The van der Waals surface area contributed by atoms with Crippen molar-refractivity contribution in [3.05, 3.63) is 40.9 Å². The van der Waals surface area contributed by atoms with E-state index in [2.05, 4.69) is 48.5 Å². The molecule has 242 valence electrons. The normalized spacial score (nSPS) is 18.6. The summed E-state index contributed by atoms with van der Waals surface area (Å²) in [5.74, 6) is 0.0142. The highest BCUT2D eigenvalue weighted by Gasteiger charge is 2.31. The summed E-state index contributed by atoms with van der Waals surface area (Å²) in [4.78, 5) is 46.1. The van der Waals surface area contributed by atoms with Crippen LogP contribution in [0.15, 0.2) is 30.4 Å². The lowest BCUT2D eigenvalue weighted by Gasteiger charge is -2.29. The zero-order valence-corrected chi connectivity index (χ0v) is 27.8. The van der Waals surface area contributed by atoms with Crippen LogP contribution in [0.5, 0.6) is 0 Å². The average Bonchev–Trinajstić information content (AvgIpc) is 3.65. The lowest BCUT2D eigenvalue weighted by molar-refractivity contribution is -0.129. The predicted octanol–water partition coefficient (Wildman–Crippen LogP) is 3.32. The Hall–Kier alpha value is -2.83. The maximum Gasteiger partial charge on any atom is 0.247 e. The first kappa shape index (κ1) is 34.1. The predicted molar refractivity (Wildman–Crippen MR) is 175 cm³/mol. The molecule has 1 saturated heterocycles. The molecule has 2 fully saturated rings. The van der Waals surface area contributed by atoms with Crippen LogP contribution >= 0.6 is 11.3 Å². The number of carbonyl (C=O) groups is 3. The Morgan fingerprint density at radius 1 is 1.11 bits per heavy atom. The Bertz CT molecular complexity index is 1430. The summed E-state index contributed by atoms with van der Waals surface area (Å²) in [5.41, 5.74) is 2.47. The molecule has 2 aromatic rings. The van der Waals surface area contributed by atoms with E-state index in [-0.39, 0.29) is 54.2 Å². The summed E-state index contributed by atoms with van der Waals surface area (Å²) < 4.78 is 24.5. The molecule has 0 spiro atoms. The molecule has 1 saturated carbocycles. The number of nitrogens with one attached hydrogen (secondary N) is 3. The molecule has 12 heteroatoms. The molecule has 44 heavy (non-hydrogen) atoms. The van der Waals surface area contributed by atoms with Crippen LogP contribution in [0.3, 0.4) is 0 Å². The van der Waals surface area contributed by atoms with E-state index in [0.717, 1.165) is 40.9 Å². The van der Waals surface area contributed by atoms with Crippen molar-refractivity contribution < 1.29 is 22.8 Å². The van der Waals surface area contributed by atoms with E-state index >= 15 is 0 Å². The molecule has 0 bridgehead atoms. The van der Waals surface area contributed by atoms with E-state index < -0.39 is 15.9 Å². The lowest BCUT2D eigenvalue weighted by Crippen LogP contribution is -2.55. The second-order valence-electron chi connectivity index (χ2n) is 12.5. The summed E-state index contributed by atoms with van der Waals surface area (Å²) in [6.07, 6.45) is 5.32. The summed E-state index contributed by atoms with van der Waals surface area (Å²) in [7, 11) is -3.01. The molecule has 1 aromatic heterocycles. The van der Waals surface area contributed by atoms with Crippen LogP contribution in [-0.2, 0) is 30.6 Å². The molecule has 1 aliphatic heterocycles. The van der Waals surface area contributed by atoms with E-state index in [1.807, 2.05) is 17.9 Å². The van der Waals surface area contributed by atoms with Gasteiger partial charge in [-0.25, -0.2) is 13.4 Å². The van der Waals surface area contributed by atoms with Crippen molar-refractivity contribution in [2.75, 3.05) is 37.7 Å². The van der Waals surface area contributed by atoms with Crippen LogP contribution in [0.4, 0.5) is 0 Å². The van der Waals surface area contributed by atoms with Gasteiger partial charge >= 0.3 is 0 Å². The molecule has 0 radical (unpaired) electrons. The second-order valence-corrected chi connectivity index (χ2v) is 15.9. The number of hydrogen-bond acceptors (Lipinski definition) is 8. The number of aromatic nitrogens is 1. The highest BCUT2D eigenvalue weighted by molar-refractivity contribution is 7.91. The smallest absolute Gasteiger partial charge is 0.247 e. The summed E-state index contributed by atoms with van der Waals surface area (Å²) in [5, 5.41) is 9.85. The maximum absolute atomic E-state index is 13.8. The topological polar surface area (TPSA) is 138 Å². The third kappa shape index (κ3) is 9.58. The minimum atomic E-state index is -3.01. The van der Waals surface area contributed by atoms with Gasteiger partial charge in [0.2, 0.25) is 17.7 Å². The molecule has 10 nitrogen and oxygen atoms in total. The van der Waals surface area contributed by atoms with Crippen molar-refractivity contribution in [1.82, 2.24) is 25.8 Å². The third-order valence-electron chi connectivity index (χ3n) is 8.58. The molecule has 3 N–H and O–H groups in total. The molecule has 2 aliphatic rings. The molecule has 2 heterocycles. The van der Waals surface area contributed by atoms with Gasteiger partial charge in [-0.1, -0.05) is 46.3 Å². The van der Waals surface area contributed by atoms with Gasteiger partial charge in [0.25, 0.3) is 0 Å². The molecule has 3 amide bonds.